The molecule has 1 aliphatic rings. The Labute approximate surface area is 167 Å². The Bertz CT molecular complexity index is 755. The average molecular weight is 411 g/mol. The largest absolute Gasteiger partial charge is 0.418 e. The van der Waals surface area contributed by atoms with Crippen LogP contribution in [0.2, 0.25) is 0 Å². The summed E-state index contributed by atoms with van der Waals surface area (Å²) >= 11 is 0. The third-order valence-electron chi connectivity index (χ3n) is 4.61. The molecule has 1 aromatic carbocycles. The van der Waals surface area contributed by atoms with Gasteiger partial charge in [-0.3, -0.25) is 19.4 Å². The molecule has 1 saturated heterocycles. The van der Waals surface area contributed by atoms with Gasteiger partial charge in [-0.1, -0.05) is 12.1 Å². The number of amides is 2. The summed E-state index contributed by atoms with van der Waals surface area (Å²) in [6.07, 6.45) is -4.19. The highest BCUT2D eigenvalue weighted by atomic mass is 19.4. The Kier molecular flexibility index (Phi) is 7.99. The molecule has 0 saturated carbocycles. The Morgan fingerprint density at radius 1 is 1.21 bits per heavy atom. The minimum atomic E-state index is -4.55. The molecule has 0 radical (unpaired) electrons. The first kappa shape index (κ1) is 22.6. The Morgan fingerprint density at radius 3 is 2.48 bits per heavy atom. The van der Waals surface area contributed by atoms with Crippen molar-refractivity contribution in [1.29, 1.82) is 5.26 Å². The standard InChI is InChI=1S/C19H24F3N5O2/c1-25(8-4-7-23)14-18(29)27-11-9-26(10-12-27)13-17(28)24-16-6-3-2-5-15(16)19(20,21)22/h2-3,5-6H,4,8-14H2,1H3,(H,24,28). The molecular weight excluding hydrogens is 387 g/mol. The molecule has 1 N–H and O–H groups in total. The number of hydrogen-bond donors (Lipinski definition) is 1. The first-order chi connectivity index (χ1) is 13.7. The van der Waals surface area contributed by atoms with Crippen molar-refractivity contribution < 1.29 is 22.8 Å². The normalized spacial score (nSPS) is 15.2. The first-order valence-electron chi connectivity index (χ1n) is 9.22. The van der Waals surface area contributed by atoms with Crippen LogP contribution in [-0.4, -0.2) is 79.4 Å². The third kappa shape index (κ3) is 7.03. The lowest BCUT2D eigenvalue weighted by molar-refractivity contribution is -0.137. The number of alkyl halides is 3. The van der Waals surface area contributed by atoms with Crippen molar-refractivity contribution >= 4 is 17.5 Å². The van der Waals surface area contributed by atoms with E-state index in [4.69, 9.17) is 5.26 Å². The summed E-state index contributed by atoms with van der Waals surface area (Å²) in [7, 11) is 1.77. The predicted octanol–water partition coefficient (Wildman–Crippen LogP) is 1.63. The fraction of sp³-hybridized carbons (Fsp3) is 0.526. The van der Waals surface area contributed by atoms with Crippen LogP contribution >= 0.6 is 0 Å². The molecule has 0 spiro atoms. The number of carbonyl (C=O) groups is 2. The van der Waals surface area contributed by atoms with E-state index < -0.39 is 17.6 Å². The van der Waals surface area contributed by atoms with Crippen LogP contribution in [0.15, 0.2) is 24.3 Å². The maximum atomic E-state index is 13.0. The van der Waals surface area contributed by atoms with Gasteiger partial charge < -0.3 is 10.2 Å². The van der Waals surface area contributed by atoms with E-state index in [2.05, 4.69) is 5.32 Å². The molecule has 1 aliphatic heterocycles. The lowest BCUT2D eigenvalue weighted by atomic mass is 10.1. The highest BCUT2D eigenvalue weighted by Gasteiger charge is 2.33. The van der Waals surface area contributed by atoms with Crippen molar-refractivity contribution in [2.75, 3.05) is 58.2 Å². The van der Waals surface area contributed by atoms with Crippen LogP contribution in [-0.2, 0) is 15.8 Å². The minimum absolute atomic E-state index is 0.0453. The second kappa shape index (κ2) is 10.2. The molecule has 0 aliphatic carbocycles. The number of halogens is 3. The fourth-order valence-electron chi connectivity index (χ4n) is 3.04. The van der Waals surface area contributed by atoms with Gasteiger partial charge in [-0.15, -0.1) is 0 Å². The van der Waals surface area contributed by atoms with Crippen molar-refractivity contribution in [2.45, 2.75) is 12.6 Å². The molecule has 0 unspecified atom stereocenters. The predicted molar refractivity (Wildman–Crippen MR) is 101 cm³/mol. The Hall–Kier alpha value is -2.64. The quantitative estimate of drug-likeness (QED) is 0.738. The van der Waals surface area contributed by atoms with Crippen LogP contribution < -0.4 is 5.32 Å². The number of benzene rings is 1. The van der Waals surface area contributed by atoms with Crippen LogP contribution in [0.4, 0.5) is 18.9 Å². The van der Waals surface area contributed by atoms with E-state index in [0.717, 1.165) is 6.07 Å². The number of nitrogens with zero attached hydrogens (tertiary/aromatic N) is 4. The summed E-state index contributed by atoms with van der Waals surface area (Å²) in [5.41, 5.74) is -1.15. The van der Waals surface area contributed by atoms with Crippen LogP contribution in [0.5, 0.6) is 0 Å². The Morgan fingerprint density at radius 2 is 1.86 bits per heavy atom. The van der Waals surface area contributed by atoms with Gasteiger partial charge in [-0.05, 0) is 19.2 Å². The number of carbonyl (C=O) groups excluding carboxylic acids is 2. The second-order valence-electron chi connectivity index (χ2n) is 6.89. The van der Waals surface area contributed by atoms with Gasteiger partial charge in [0, 0.05) is 39.1 Å². The number of piperazine rings is 1. The van der Waals surface area contributed by atoms with E-state index >= 15 is 0 Å². The lowest BCUT2D eigenvalue weighted by Gasteiger charge is -2.35. The van der Waals surface area contributed by atoms with Crippen molar-refractivity contribution in [3.8, 4) is 6.07 Å². The summed E-state index contributed by atoms with van der Waals surface area (Å²) in [5.74, 6) is -0.577. The number of nitriles is 1. The number of hydrogen-bond acceptors (Lipinski definition) is 5. The van der Waals surface area contributed by atoms with Gasteiger partial charge in [0.2, 0.25) is 11.8 Å². The van der Waals surface area contributed by atoms with E-state index in [1.54, 1.807) is 21.7 Å². The summed E-state index contributed by atoms with van der Waals surface area (Å²) in [6.45, 7) is 2.49. The van der Waals surface area contributed by atoms with E-state index in [1.165, 1.54) is 18.2 Å². The van der Waals surface area contributed by atoms with Crippen LogP contribution in [0.25, 0.3) is 0 Å². The van der Waals surface area contributed by atoms with Crippen LogP contribution in [0, 0.1) is 11.3 Å². The number of rotatable bonds is 7. The van der Waals surface area contributed by atoms with Gasteiger partial charge in [0.1, 0.15) is 0 Å². The van der Waals surface area contributed by atoms with Gasteiger partial charge in [-0.2, -0.15) is 18.4 Å². The summed E-state index contributed by atoms with van der Waals surface area (Å²) in [5, 5.41) is 10.9. The van der Waals surface area contributed by atoms with Gasteiger partial charge >= 0.3 is 6.18 Å². The van der Waals surface area contributed by atoms with Gasteiger partial charge in [0.05, 0.1) is 30.4 Å². The van der Waals surface area contributed by atoms with Crippen molar-refractivity contribution in [1.82, 2.24) is 14.7 Å². The molecule has 0 aromatic heterocycles. The number of likely N-dealkylation sites (N-methyl/N-ethyl adjacent to an activating group) is 1. The van der Waals surface area contributed by atoms with Gasteiger partial charge in [0.15, 0.2) is 0 Å². The monoisotopic (exact) mass is 411 g/mol. The first-order valence-corrected chi connectivity index (χ1v) is 9.22. The highest BCUT2D eigenvalue weighted by Crippen LogP contribution is 2.34. The number of anilines is 1. The van der Waals surface area contributed by atoms with Crippen molar-refractivity contribution in [3.63, 3.8) is 0 Å². The van der Waals surface area contributed by atoms with Gasteiger partial charge in [0.25, 0.3) is 0 Å². The molecule has 0 bridgehead atoms. The maximum Gasteiger partial charge on any atom is 0.418 e. The molecule has 0 atom stereocenters. The topological polar surface area (TPSA) is 79.7 Å². The molecule has 1 heterocycles. The highest BCUT2D eigenvalue weighted by molar-refractivity contribution is 5.93. The minimum Gasteiger partial charge on any atom is -0.339 e. The zero-order chi connectivity index (χ0) is 21.4. The SMILES string of the molecule is CN(CCC#N)CC(=O)N1CCN(CC(=O)Nc2ccccc2C(F)(F)F)CC1. The smallest absolute Gasteiger partial charge is 0.339 e. The Balaban J connectivity index is 1.80. The van der Waals surface area contributed by atoms with Crippen molar-refractivity contribution in [2.24, 2.45) is 0 Å². The molecular formula is C19H24F3N5O2. The average Bonchev–Trinajstić information content (AvgIpc) is 2.66. The summed E-state index contributed by atoms with van der Waals surface area (Å²) in [6, 6.07) is 6.88. The second-order valence-corrected chi connectivity index (χ2v) is 6.89. The molecule has 1 aromatic rings. The van der Waals surface area contributed by atoms with E-state index in [0.29, 0.717) is 39.1 Å². The molecule has 7 nitrogen and oxygen atoms in total. The van der Waals surface area contributed by atoms with Crippen LogP contribution in [0.1, 0.15) is 12.0 Å². The molecule has 158 valence electrons. The molecule has 2 amide bonds. The van der Waals surface area contributed by atoms with E-state index in [-0.39, 0.29) is 24.7 Å². The molecule has 1 fully saturated rings. The van der Waals surface area contributed by atoms with E-state index in [9.17, 15) is 22.8 Å². The molecule has 10 heteroatoms. The van der Waals surface area contributed by atoms with Crippen molar-refractivity contribution in [3.05, 3.63) is 29.8 Å². The number of para-hydroxylation sites is 1. The zero-order valence-corrected chi connectivity index (χ0v) is 16.2. The van der Waals surface area contributed by atoms with E-state index in [1.807, 2.05) is 6.07 Å². The zero-order valence-electron chi connectivity index (χ0n) is 16.2. The maximum absolute atomic E-state index is 13.0. The van der Waals surface area contributed by atoms with Crippen LogP contribution in [0.3, 0.4) is 0 Å². The molecule has 29 heavy (non-hydrogen) atoms. The number of nitrogens with one attached hydrogen (secondary N) is 1. The van der Waals surface area contributed by atoms with Gasteiger partial charge in [-0.25, -0.2) is 0 Å². The molecule has 2 rings (SSSR count). The fourth-order valence-corrected chi connectivity index (χ4v) is 3.04. The summed E-state index contributed by atoms with van der Waals surface area (Å²) < 4.78 is 39.0. The lowest BCUT2D eigenvalue weighted by Crippen LogP contribution is -2.52. The third-order valence-corrected chi connectivity index (χ3v) is 4.61. The summed E-state index contributed by atoms with van der Waals surface area (Å²) in [4.78, 5) is 29.7.